The Hall–Kier alpha value is -0.580. The Morgan fingerprint density at radius 3 is 1.80 bits per heavy atom. The van der Waals surface area contributed by atoms with Gasteiger partial charge < -0.3 is 27.7 Å². The van der Waals surface area contributed by atoms with Crippen molar-refractivity contribution in [3.05, 3.63) is 12.2 Å². The van der Waals surface area contributed by atoms with Crippen LogP contribution in [0.3, 0.4) is 0 Å². The molecule has 0 fully saturated rings. The molecule has 0 aromatic heterocycles. The Kier molecular flexibility index (Phi) is 13.2. The first-order valence-electron chi connectivity index (χ1n) is 4.60. The lowest BCUT2D eigenvalue weighted by molar-refractivity contribution is -0.870. The molecule has 5 heteroatoms. The molecule has 15 heavy (non-hydrogen) atoms. The Balaban J connectivity index is -0.000000187. The monoisotopic (exact) mass is 238 g/mol. The third kappa shape index (κ3) is 24.7. The summed E-state index contributed by atoms with van der Waals surface area (Å²) in [5.41, 5.74) is 5.50. The third-order valence-electron chi connectivity index (χ3n) is 1.40. The molecule has 92 valence electrons. The van der Waals surface area contributed by atoms with Crippen molar-refractivity contribution in [1.82, 2.24) is 0 Å². The molecule has 0 aliphatic heterocycles. The van der Waals surface area contributed by atoms with Crippen molar-refractivity contribution in [2.45, 2.75) is 13.3 Å². The van der Waals surface area contributed by atoms with Crippen LogP contribution in [-0.2, 0) is 4.79 Å². The fraction of sp³-hybridized carbons (Fsp3) is 0.700. The van der Waals surface area contributed by atoms with E-state index < -0.39 is 5.97 Å². The zero-order chi connectivity index (χ0) is 11.8. The van der Waals surface area contributed by atoms with Crippen LogP contribution in [0.4, 0.5) is 0 Å². The topological polar surface area (TPSA) is 63.3 Å². The largest absolute Gasteiger partial charge is 1.00 e. The van der Waals surface area contributed by atoms with Gasteiger partial charge in [-0.05, 0) is 13.5 Å². The lowest BCUT2D eigenvalue weighted by Gasteiger charge is -2.23. The van der Waals surface area contributed by atoms with Crippen LogP contribution in [0.25, 0.3) is 0 Å². The van der Waals surface area contributed by atoms with E-state index in [9.17, 15) is 4.79 Å². The number of halogens is 1. The highest BCUT2D eigenvalue weighted by molar-refractivity contribution is 5.84. The van der Waals surface area contributed by atoms with E-state index in [0.29, 0.717) is 0 Å². The van der Waals surface area contributed by atoms with Crippen molar-refractivity contribution >= 4 is 5.97 Å². The number of rotatable bonds is 4. The zero-order valence-corrected chi connectivity index (χ0v) is 10.8. The molecular formula is C10H23ClN2O2. The number of aliphatic carboxylic acids is 1. The van der Waals surface area contributed by atoms with Gasteiger partial charge in [-0.15, -0.1) is 0 Å². The van der Waals surface area contributed by atoms with Gasteiger partial charge in [0, 0.05) is 12.0 Å². The predicted molar refractivity (Wildman–Crippen MR) is 59.0 cm³/mol. The molecule has 0 unspecified atom stereocenters. The van der Waals surface area contributed by atoms with E-state index in [2.05, 4.69) is 27.7 Å². The van der Waals surface area contributed by atoms with Crippen LogP contribution in [0.15, 0.2) is 12.2 Å². The first-order valence-corrected chi connectivity index (χ1v) is 4.60. The molecule has 0 rings (SSSR count). The van der Waals surface area contributed by atoms with Crippen molar-refractivity contribution in [1.29, 1.82) is 0 Å². The van der Waals surface area contributed by atoms with Gasteiger partial charge in [-0.3, -0.25) is 0 Å². The Morgan fingerprint density at radius 1 is 1.40 bits per heavy atom. The van der Waals surface area contributed by atoms with E-state index in [1.165, 1.54) is 13.5 Å². The first kappa shape index (κ1) is 19.9. The second-order valence-corrected chi connectivity index (χ2v) is 4.24. The van der Waals surface area contributed by atoms with E-state index >= 15 is 0 Å². The summed E-state index contributed by atoms with van der Waals surface area (Å²) in [5.74, 6) is -0.935. The number of nitrogens with two attached hydrogens (primary N) is 1. The van der Waals surface area contributed by atoms with Gasteiger partial charge in [-0.2, -0.15) is 0 Å². The third-order valence-corrected chi connectivity index (χ3v) is 1.40. The fourth-order valence-electron chi connectivity index (χ4n) is 0.566. The van der Waals surface area contributed by atoms with Crippen LogP contribution in [-0.4, -0.2) is 49.8 Å². The highest BCUT2D eigenvalue weighted by Crippen LogP contribution is 1.90. The van der Waals surface area contributed by atoms with Crippen LogP contribution >= 0.6 is 0 Å². The van der Waals surface area contributed by atoms with Crippen LogP contribution in [0, 0.1) is 0 Å². The molecule has 0 heterocycles. The SMILES string of the molecule is C=C(C)C(=O)O.C[N+](C)(C)CCCN.[Cl-]. The van der Waals surface area contributed by atoms with Crippen molar-refractivity contribution in [3.63, 3.8) is 0 Å². The molecule has 0 aliphatic carbocycles. The van der Waals surface area contributed by atoms with Crippen LogP contribution in [0.5, 0.6) is 0 Å². The molecule has 0 atom stereocenters. The number of quaternary nitrogens is 1. The molecule has 0 amide bonds. The lowest BCUT2D eigenvalue weighted by Crippen LogP contribution is -3.00. The van der Waals surface area contributed by atoms with Gasteiger partial charge in [0.2, 0.25) is 0 Å². The Labute approximate surface area is 98.8 Å². The van der Waals surface area contributed by atoms with Crippen LogP contribution in [0.1, 0.15) is 13.3 Å². The van der Waals surface area contributed by atoms with Crippen molar-refractivity contribution in [3.8, 4) is 0 Å². The number of nitrogens with zero attached hydrogens (tertiary/aromatic N) is 1. The number of carbonyl (C=O) groups is 1. The minimum atomic E-state index is -0.935. The highest BCUT2D eigenvalue weighted by Gasteiger charge is 2.03. The number of carboxylic acid groups (broad SMARTS) is 1. The molecule has 0 radical (unpaired) electrons. The van der Waals surface area contributed by atoms with Crippen LogP contribution < -0.4 is 18.1 Å². The predicted octanol–water partition coefficient (Wildman–Crippen LogP) is -2.31. The molecular weight excluding hydrogens is 216 g/mol. The summed E-state index contributed by atoms with van der Waals surface area (Å²) < 4.78 is 1.02. The van der Waals surface area contributed by atoms with Crippen LogP contribution in [0.2, 0.25) is 0 Å². The average molecular weight is 239 g/mol. The number of carboxylic acids is 1. The second-order valence-electron chi connectivity index (χ2n) is 4.24. The summed E-state index contributed by atoms with van der Waals surface area (Å²) in [7, 11) is 6.53. The summed E-state index contributed by atoms with van der Waals surface area (Å²) in [6, 6.07) is 0. The summed E-state index contributed by atoms with van der Waals surface area (Å²) in [5, 5.41) is 7.89. The normalized spacial score (nSPS) is 9.40. The maximum absolute atomic E-state index is 9.60. The Bertz CT molecular complexity index is 176. The van der Waals surface area contributed by atoms with E-state index in [1.54, 1.807) is 0 Å². The van der Waals surface area contributed by atoms with Crippen molar-refractivity contribution in [2.24, 2.45) is 5.73 Å². The smallest absolute Gasteiger partial charge is 0.330 e. The quantitative estimate of drug-likeness (QED) is 0.428. The maximum atomic E-state index is 9.60. The summed E-state index contributed by atoms with van der Waals surface area (Å²) in [6.45, 7) is 6.59. The standard InChI is InChI=1S/C6H17N2.C4H6O2.ClH/c1-8(2,3)6-4-5-7;1-3(2)4(5)6;/h4-7H2,1-3H3;1H2,2H3,(H,5,6);1H/q+1;;/p-1. The van der Waals surface area contributed by atoms with Gasteiger partial charge in [0.25, 0.3) is 0 Å². The number of hydrogen-bond donors (Lipinski definition) is 2. The van der Waals surface area contributed by atoms with Gasteiger partial charge >= 0.3 is 5.97 Å². The minimum absolute atomic E-state index is 0. The average Bonchev–Trinajstić information content (AvgIpc) is 2.00. The minimum Gasteiger partial charge on any atom is -1.00 e. The highest BCUT2D eigenvalue weighted by atomic mass is 35.5. The molecule has 0 aliphatic rings. The van der Waals surface area contributed by atoms with Gasteiger partial charge in [0.1, 0.15) is 0 Å². The zero-order valence-electron chi connectivity index (χ0n) is 10.1. The molecule has 0 aromatic carbocycles. The Morgan fingerprint density at radius 2 is 1.73 bits per heavy atom. The van der Waals surface area contributed by atoms with Crippen molar-refractivity contribution < 1.29 is 26.8 Å². The fourth-order valence-corrected chi connectivity index (χ4v) is 0.566. The number of hydrogen-bond acceptors (Lipinski definition) is 2. The molecule has 4 nitrogen and oxygen atoms in total. The summed E-state index contributed by atoms with van der Waals surface area (Å²) in [6.07, 6.45) is 1.13. The molecule has 0 saturated carbocycles. The van der Waals surface area contributed by atoms with Gasteiger partial charge in [-0.1, -0.05) is 6.58 Å². The van der Waals surface area contributed by atoms with E-state index in [1.807, 2.05) is 0 Å². The first-order chi connectivity index (χ1) is 6.20. The van der Waals surface area contributed by atoms with E-state index in [-0.39, 0.29) is 18.0 Å². The van der Waals surface area contributed by atoms with Gasteiger partial charge in [-0.25, -0.2) is 4.79 Å². The molecule has 0 spiro atoms. The second kappa shape index (κ2) is 9.96. The van der Waals surface area contributed by atoms with Gasteiger partial charge in [0.15, 0.2) is 0 Å². The maximum Gasteiger partial charge on any atom is 0.330 e. The van der Waals surface area contributed by atoms with E-state index in [4.69, 9.17) is 10.8 Å². The van der Waals surface area contributed by atoms with Crippen molar-refractivity contribution in [2.75, 3.05) is 34.2 Å². The van der Waals surface area contributed by atoms with E-state index in [0.717, 1.165) is 17.4 Å². The lowest BCUT2D eigenvalue weighted by atomic mass is 10.4. The molecule has 3 N–H and O–H groups in total. The molecule has 0 saturated heterocycles. The van der Waals surface area contributed by atoms with Gasteiger partial charge in [0.05, 0.1) is 27.7 Å². The summed E-state index contributed by atoms with van der Waals surface area (Å²) >= 11 is 0. The summed E-state index contributed by atoms with van der Waals surface area (Å²) in [4.78, 5) is 9.60. The molecule has 0 bridgehead atoms. The molecule has 0 aromatic rings.